The van der Waals surface area contributed by atoms with E-state index in [-0.39, 0.29) is 11.7 Å². The number of amides is 2. The first-order valence-corrected chi connectivity index (χ1v) is 9.57. The molecule has 1 aromatic carbocycles. The molecule has 0 bridgehead atoms. The molecular formula is C17H19N3O2S2. The van der Waals surface area contributed by atoms with E-state index in [9.17, 15) is 9.59 Å². The summed E-state index contributed by atoms with van der Waals surface area (Å²) in [6.07, 6.45) is 1.59. The summed E-state index contributed by atoms with van der Waals surface area (Å²) in [6, 6.07) is 13.6. The minimum atomic E-state index is -0.436. The van der Waals surface area contributed by atoms with Crippen LogP contribution in [-0.2, 0) is 10.5 Å². The highest BCUT2D eigenvalue weighted by Gasteiger charge is 2.12. The van der Waals surface area contributed by atoms with Crippen molar-refractivity contribution in [3.05, 3.63) is 59.8 Å². The maximum absolute atomic E-state index is 12.3. The minimum absolute atomic E-state index is 0.101. The summed E-state index contributed by atoms with van der Waals surface area (Å²) in [7, 11) is 0. The van der Waals surface area contributed by atoms with E-state index in [2.05, 4.69) is 22.4 Å². The van der Waals surface area contributed by atoms with Gasteiger partial charge in [-0.05, 0) is 17.7 Å². The second-order valence-corrected chi connectivity index (χ2v) is 6.97. The van der Waals surface area contributed by atoms with E-state index in [1.165, 1.54) is 17.3 Å². The molecule has 2 aromatic rings. The maximum Gasteiger partial charge on any atom is 0.254 e. The van der Waals surface area contributed by atoms with Crippen molar-refractivity contribution in [2.75, 3.05) is 18.1 Å². The van der Waals surface area contributed by atoms with Crippen LogP contribution in [0.15, 0.2) is 53.7 Å². The molecule has 1 heterocycles. The predicted octanol–water partition coefficient (Wildman–Crippen LogP) is 2.32. The lowest BCUT2D eigenvalue weighted by atomic mass is 10.2. The van der Waals surface area contributed by atoms with Gasteiger partial charge in [-0.1, -0.05) is 42.1 Å². The number of pyridine rings is 1. The number of aromatic nitrogens is 1. The number of nitrogens with two attached hydrogens (primary N) is 1. The van der Waals surface area contributed by atoms with Crippen molar-refractivity contribution in [1.82, 2.24) is 10.3 Å². The van der Waals surface area contributed by atoms with Crippen molar-refractivity contribution in [2.24, 2.45) is 5.73 Å². The third-order valence-corrected chi connectivity index (χ3v) is 5.07. The molecule has 0 aliphatic heterocycles. The highest BCUT2D eigenvalue weighted by molar-refractivity contribution is 8.00. The first-order chi connectivity index (χ1) is 11.7. The number of carbonyl (C=O) groups is 2. The van der Waals surface area contributed by atoms with Crippen molar-refractivity contribution in [3.63, 3.8) is 0 Å². The van der Waals surface area contributed by atoms with Crippen LogP contribution in [0.25, 0.3) is 0 Å². The molecular weight excluding hydrogens is 342 g/mol. The molecule has 2 amide bonds. The Kier molecular flexibility index (Phi) is 7.64. The van der Waals surface area contributed by atoms with Crippen LogP contribution >= 0.6 is 23.5 Å². The summed E-state index contributed by atoms with van der Waals surface area (Å²) < 4.78 is 0. The van der Waals surface area contributed by atoms with Gasteiger partial charge in [0.1, 0.15) is 5.03 Å². The zero-order valence-corrected chi connectivity index (χ0v) is 14.7. The number of carbonyl (C=O) groups excluding carboxylic acids is 2. The van der Waals surface area contributed by atoms with Gasteiger partial charge < -0.3 is 11.1 Å². The van der Waals surface area contributed by atoms with E-state index < -0.39 is 5.91 Å². The molecule has 2 rings (SSSR count). The van der Waals surface area contributed by atoms with Crippen LogP contribution in [0, 0.1) is 0 Å². The van der Waals surface area contributed by atoms with E-state index in [1.54, 1.807) is 30.1 Å². The van der Waals surface area contributed by atoms with Crippen LogP contribution in [-0.4, -0.2) is 34.8 Å². The van der Waals surface area contributed by atoms with Crippen molar-refractivity contribution < 1.29 is 9.59 Å². The summed E-state index contributed by atoms with van der Waals surface area (Å²) in [5.74, 6) is 1.22. The standard InChI is InChI=1S/C17H19N3O2S2/c18-15(21)12-24-17-14(7-4-8-20-17)16(22)19-9-10-23-11-13-5-2-1-3-6-13/h1-8H,9-12H2,(H2,18,21)(H,19,22). The van der Waals surface area contributed by atoms with Gasteiger partial charge in [-0.25, -0.2) is 4.98 Å². The number of nitrogens with one attached hydrogen (secondary N) is 1. The van der Waals surface area contributed by atoms with Gasteiger partial charge in [0.15, 0.2) is 0 Å². The fourth-order valence-electron chi connectivity index (χ4n) is 1.91. The number of rotatable bonds is 9. The average Bonchev–Trinajstić information content (AvgIpc) is 2.60. The van der Waals surface area contributed by atoms with Crippen molar-refractivity contribution in [3.8, 4) is 0 Å². The monoisotopic (exact) mass is 361 g/mol. The number of primary amides is 1. The zero-order chi connectivity index (χ0) is 17.2. The Balaban J connectivity index is 1.77. The van der Waals surface area contributed by atoms with Crippen LogP contribution in [0.3, 0.4) is 0 Å². The molecule has 0 spiro atoms. The minimum Gasteiger partial charge on any atom is -0.369 e. The molecule has 5 nitrogen and oxygen atoms in total. The third kappa shape index (κ3) is 6.25. The number of thioether (sulfide) groups is 2. The Hall–Kier alpha value is -1.99. The first-order valence-electron chi connectivity index (χ1n) is 7.43. The van der Waals surface area contributed by atoms with Crippen LogP contribution in [0.1, 0.15) is 15.9 Å². The number of hydrogen-bond acceptors (Lipinski definition) is 5. The lowest BCUT2D eigenvalue weighted by molar-refractivity contribution is -0.115. The lowest BCUT2D eigenvalue weighted by Crippen LogP contribution is -2.26. The van der Waals surface area contributed by atoms with Gasteiger partial charge in [0.05, 0.1) is 11.3 Å². The fraction of sp³-hybridized carbons (Fsp3) is 0.235. The van der Waals surface area contributed by atoms with Gasteiger partial charge in [-0.15, -0.1) is 0 Å². The van der Waals surface area contributed by atoms with Crippen LogP contribution < -0.4 is 11.1 Å². The van der Waals surface area contributed by atoms with Crippen molar-refractivity contribution in [2.45, 2.75) is 10.8 Å². The number of nitrogens with zero attached hydrogens (tertiary/aromatic N) is 1. The van der Waals surface area contributed by atoms with Gasteiger partial charge in [0, 0.05) is 24.2 Å². The van der Waals surface area contributed by atoms with E-state index in [1.807, 2.05) is 18.2 Å². The Morgan fingerprint density at radius 1 is 1.12 bits per heavy atom. The molecule has 3 N–H and O–H groups in total. The quantitative estimate of drug-likeness (QED) is 0.529. The van der Waals surface area contributed by atoms with Gasteiger partial charge in [-0.2, -0.15) is 11.8 Å². The second-order valence-electron chi connectivity index (χ2n) is 4.91. The largest absolute Gasteiger partial charge is 0.369 e. The number of hydrogen-bond donors (Lipinski definition) is 2. The molecule has 0 saturated heterocycles. The Morgan fingerprint density at radius 2 is 1.92 bits per heavy atom. The lowest BCUT2D eigenvalue weighted by Gasteiger charge is -2.08. The maximum atomic E-state index is 12.3. The smallest absolute Gasteiger partial charge is 0.254 e. The Bertz CT molecular complexity index is 681. The van der Waals surface area contributed by atoms with E-state index in [0.29, 0.717) is 17.1 Å². The van der Waals surface area contributed by atoms with Gasteiger partial charge >= 0.3 is 0 Å². The normalized spacial score (nSPS) is 10.3. The van der Waals surface area contributed by atoms with Crippen LogP contribution in [0.4, 0.5) is 0 Å². The molecule has 0 unspecified atom stereocenters. The molecule has 0 atom stereocenters. The topological polar surface area (TPSA) is 85.1 Å². The summed E-state index contributed by atoms with van der Waals surface area (Å²) in [4.78, 5) is 27.3. The van der Waals surface area contributed by atoms with Gasteiger partial charge in [0.25, 0.3) is 5.91 Å². The predicted molar refractivity (Wildman–Crippen MR) is 99.1 cm³/mol. The Labute approximate surface area is 149 Å². The molecule has 24 heavy (non-hydrogen) atoms. The highest BCUT2D eigenvalue weighted by Crippen LogP contribution is 2.19. The Morgan fingerprint density at radius 3 is 2.67 bits per heavy atom. The van der Waals surface area contributed by atoms with E-state index >= 15 is 0 Å². The van der Waals surface area contributed by atoms with E-state index in [4.69, 9.17) is 5.73 Å². The molecule has 1 aromatic heterocycles. The van der Waals surface area contributed by atoms with Gasteiger partial charge in [-0.3, -0.25) is 9.59 Å². The van der Waals surface area contributed by atoms with Crippen molar-refractivity contribution >= 4 is 35.3 Å². The number of benzene rings is 1. The first kappa shape index (κ1) is 18.4. The molecule has 0 fully saturated rings. The average molecular weight is 361 g/mol. The van der Waals surface area contributed by atoms with Gasteiger partial charge in [0.2, 0.25) is 5.91 Å². The third-order valence-electron chi connectivity index (χ3n) is 3.01. The molecule has 126 valence electrons. The molecule has 7 heteroatoms. The zero-order valence-electron chi connectivity index (χ0n) is 13.1. The molecule has 0 aliphatic rings. The molecule has 0 saturated carbocycles. The van der Waals surface area contributed by atoms with Crippen LogP contribution in [0.5, 0.6) is 0 Å². The SMILES string of the molecule is NC(=O)CSc1ncccc1C(=O)NCCSCc1ccccc1. The van der Waals surface area contributed by atoms with Crippen molar-refractivity contribution in [1.29, 1.82) is 0 Å². The fourth-order valence-corrected chi connectivity index (χ4v) is 3.46. The van der Waals surface area contributed by atoms with Crippen LogP contribution in [0.2, 0.25) is 0 Å². The summed E-state index contributed by atoms with van der Waals surface area (Å²) in [6.45, 7) is 0.575. The second kappa shape index (κ2) is 10.00. The van der Waals surface area contributed by atoms with E-state index in [0.717, 1.165) is 11.5 Å². The summed E-state index contributed by atoms with van der Waals surface area (Å²) in [5.41, 5.74) is 6.88. The summed E-state index contributed by atoms with van der Waals surface area (Å²) >= 11 is 2.94. The molecule has 0 aliphatic carbocycles. The molecule has 0 radical (unpaired) electrons. The highest BCUT2D eigenvalue weighted by atomic mass is 32.2. The summed E-state index contributed by atoms with van der Waals surface area (Å²) in [5, 5.41) is 3.40.